The molecule has 0 spiro atoms. The van der Waals surface area contributed by atoms with Crippen LogP contribution in [0.4, 0.5) is 0 Å². The van der Waals surface area contributed by atoms with Gasteiger partial charge in [0.2, 0.25) is 5.69 Å². The Labute approximate surface area is 252 Å². The lowest BCUT2D eigenvalue weighted by Crippen LogP contribution is -2.74. The van der Waals surface area contributed by atoms with Crippen LogP contribution >= 0.6 is 0 Å². The van der Waals surface area contributed by atoms with Gasteiger partial charge in [0.05, 0.1) is 10.9 Å². The summed E-state index contributed by atoms with van der Waals surface area (Å²) in [7, 11) is -0.409. The van der Waals surface area contributed by atoms with E-state index in [4.69, 9.17) is 0 Å². The van der Waals surface area contributed by atoms with Crippen LogP contribution in [-0.2, 0) is 12.5 Å². The summed E-state index contributed by atoms with van der Waals surface area (Å²) in [4.78, 5) is 0. The molecule has 0 aliphatic carbocycles. The molecule has 208 valence electrons. The van der Waals surface area contributed by atoms with E-state index in [0.29, 0.717) is 0 Å². The maximum Gasteiger partial charge on any atom is 0.220 e. The van der Waals surface area contributed by atoms with Gasteiger partial charge in [-0.2, -0.15) is 0 Å². The summed E-state index contributed by atoms with van der Waals surface area (Å²) in [6.45, 7) is 11.4. The molecule has 0 aliphatic rings. The number of aromatic nitrogens is 1. The van der Waals surface area contributed by atoms with Gasteiger partial charge in [0, 0.05) is 6.07 Å². The standard InChI is InChI=1S/C40H40NSi/c1-29-26-32(40(3,4)5)28-38(30(29)2)39-37-23-22-36(27-31(37)24-25-41(39)6)42(33-16-10-7-11-17-33,34-18-12-8-13-19-34)35-20-14-9-15-21-35/h7-28H,1-6H3/q+1. The Kier molecular flexibility index (Phi) is 7.20. The van der Waals surface area contributed by atoms with E-state index in [9.17, 15) is 0 Å². The van der Waals surface area contributed by atoms with Gasteiger partial charge < -0.3 is 0 Å². The molecule has 0 unspecified atom stereocenters. The summed E-state index contributed by atoms with van der Waals surface area (Å²) >= 11 is 0. The van der Waals surface area contributed by atoms with Crippen LogP contribution in [0.25, 0.3) is 22.0 Å². The molecule has 0 saturated carbocycles. The lowest BCUT2D eigenvalue weighted by atomic mass is 9.83. The van der Waals surface area contributed by atoms with Gasteiger partial charge in [-0.1, -0.05) is 130 Å². The first-order chi connectivity index (χ1) is 20.2. The van der Waals surface area contributed by atoms with Crippen LogP contribution < -0.4 is 25.3 Å². The van der Waals surface area contributed by atoms with Crippen LogP contribution in [0.5, 0.6) is 0 Å². The van der Waals surface area contributed by atoms with E-state index in [0.717, 1.165) is 0 Å². The highest BCUT2D eigenvalue weighted by atomic mass is 28.3. The molecule has 0 saturated heterocycles. The van der Waals surface area contributed by atoms with Gasteiger partial charge in [-0.25, -0.2) is 4.57 Å². The molecule has 1 aromatic heterocycles. The van der Waals surface area contributed by atoms with Crippen molar-refractivity contribution < 1.29 is 4.57 Å². The zero-order valence-electron chi connectivity index (χ0n) is 25.6. The van der Waals surface area contributed by atoms with E-state index < -0.39 is 8.07 Å². The van der Waals surface area contributed by atoms with Gasteiger partial charge in [0.1, 0.15) is 7.05 Å². The lowest BCUT2D eigenvalue weighted by molar-refractivity contribution is -0.659. The molecule has 1 nitrogen and oxygen atoms in total. The summed E-state index contributed by atoms with van der Waals surface area (Å²) in [5.74, 6) is 0. The Morgan fingerprint density at radius 1 is 0.571 bits per heavy atom. The minimum atomic E-state index is -2.59. The van der Waals surface area contributed by atoms with E-state index in [-0.39, 0.29) is 5.41 Å². The molecule has 0 fully saturated rings. The molecule has 42 heavy (non-hydrogen) atoms. The third-order valence-corrected chi connectivity index (χ3v) is 13.8. The summed E-state index contributed by atoms with van der Waals surface area (Å²) in [6.07, 6.45) is 2.23. The molecule has 0 N–H and O–H groups in total. The third kappa shape index (κ3) is 4.70. The molecule has 6 aromatic rings. The monoisotopic (exact) mass is 562 g/mol. The summed E-state index contributed by atoms with van der Waals surface area (Å²) in [6, 6.07) is 47.9. The first kappa shape index (κ1) is 27.9. The minimum absolute atomic E-state index is 0.0792. The number of benzene rings is 5. The van der Waals surface area contributed by atoms with Crippen molar-refractivity contribution in [1.29, 1.82) is 0 Å². The van der Waals surface area contributed by atoms with Gasteiger partial charge in [-0.3, -0.25) is 0 Å². The molecule has 0 bridgehead atoms. The Morgan fingerprint density at radius 2 is 1.10 bits per heavy atom. The van der Waals surface area contributed by atoms with E-state index in [1.165, 1.54) is 59.5 Å². The molecule has 1 heterocycles. The van der Waals surface area contributed by atoms with E-state index in [1.54, 1.807) is 0 Å². The number of aryl methyl sites for hydroxylation is 2. The first-order valence-electron chi connectivity index (χ1n) is 14.9. The van der Waals surface area contributed by atoms with Crippen LogP contribution in [0.15, 0.2) is 134 Å². The van der Waals surface area contributed by atoms with Gasteiger partial charge in [-0.05, 0) is 74.2 Å². The molecule has 5 aromatic carbocycles. The average Bonchev–Trinajstić information content (AvgIpc) is 3.00. The fourth-order valence-corrected chi connectivity index (χ4v) is 11.3. The van der Waals surface area contributed by atoms with Crippen molar-refractivity contribution in [3.8, 4) is 11.3 Å². The second-order valence-corrected chi connectivity index (χ2v) is 16.5. The van der Waals surface area contributed by atoms with E-state index in [1.807, 2.05) is 0 Å². The molecule has 0 amide bonds. The highest BCUT2D eigenvalue weighted by Crippen LogP contribution is 2.34. The molecular weight excluding hydrogens is 523 g/mol. The second kappa shape index (κ2) is 10.9. The largest absolute Gasteiger partial charge is 0.220 e. The third-order valence-electron chi connectivity index (χ3n) is 8.98. The van der Waals surface area contributed by atoms with Crippen LogP contribution in [0.2, 0.25) is 0 Å². The highest BCUT2D eigenvalue weighted by Gasteiger charge is 2.41. The highest BCUT2D eigenvalue weighted by molar-refractivity contribution is 7.20. The Balaban J connectivity index is 1.67. The van der Waals surface area contributed by atoms with Crippen molar-refractivity contribution in [3.05, 3.63) is 150 Å². The molecule has 6 rings (SSSR count). The maximum atomic E-state index is 2.48. The van der Waals surface area contributed by atoms with Crippen molar-refractivity contribution in [2.24, 2.45) is 7.05 Å². The SMILES string of the molecule is Cc1cc(C(C)(C)C)cc(-c2c3ccc([Si](c4ccccc4)(c4ccccc4)c4ccccc4)cc3cc[n+]2C)c1C. The normalized spacial score (nSPS) is 12.0. The fourth-order valence-electron chi connectivity index (χ4n) is 6.54. The molecule has 0 aliphatic heterocycles. The van der Waals surface area contributed by atoms with Crippen LogP contribution in [0.1, 0.15) is 37.5 Å². The number of nitrogens with zero attached hydrogens (tertiary/aromatic N) is 1. The van der Waals surface area contributed by atoms with Gasteiger partial charge in [0.15, 0.2) is 14.3 Å². The van der Waals surface area contributed by atoms with Gasteiger partial charge >= 0.3 is 0 Å². The smallest absolute Gasteiger partial charge is 0.200 e. The Bertz CT molecular complexity index is 1770. The quantitative estimate of drug-likeness (QED) is 0.126. The van der Waals surface area contributed by atoms with Crippen molar-refractivity contribution in [3.63, 3.8) is 0 Å². The van der Waals surface area contributed by atoms with Gasteiger partial charge in [0.25, 0.3) is 0 Å². The summed E-state index contributed by atoms with van der Waals surface area (Å²) in [5, 5.41) is 8.15. The zero-order chi connectivity index (χ0) is 29.5. The number of hydrogen-bond donors (Lipinski definition) is 0. The summed E-state index contributed by atoms with van der Waals surface area (Å²) < 4.78 is 2.30. The predicted octanol–water partition coefficient (Wildman–Crippen LogP) is 6.62. The molecule has 2 heteroatoms. The second-order valence-electron chi connectivity index (χ2n) is 12.6. The summed E-state index contributed by atoms with van der Waals surface area (Å²) in [5.41, 5.74) is 6.73. The number of fused-ring (bicyclic) bond motifs is 1. The zero-order valence-corrected chi connectivity index (χ0v) is 26.6. The van der Waals surface area contributed by atoms with Crippen molar-refractivity contribution in [2.45, 2.75) is 40.0 Å². The van der Waals surface area contributed by atoms with Crippen LogP contribution in [0, 0.1) is 13.8 Å². The Hall–Kier alpha value is -4.27. The van der Waals surface area contributed by atoms with Crippen molar-refractivity contribution >= 4 is 39.6 Å². The maximum absolute atomic E-state index is 2.59. The Morgan fingerprint density at radius 3 is 1.60 bits per heavy atom. The fraction of sp³-hybridized carbons (Fsp3) is 0.175. The van der Waals surface area contributed by atoms with Crippen LogP contribution in [0.3, 0.4) is 0 Å². The predicted molar refractivity (Wildman–Crippen MR) is 182 cm³/mol. The van der Waals surface area contributed by atoms with E-state index >= 15 is 0 Å². The van der Waals surface area contributed by atoms with Gasteiger partial charge in [-0.15, -0.1) is 0 Å². The first-order valence-corrected chi connectivity index (χ1v) is 16.9. The molecular formula is C40H40NSi+. The van der Waals surface area contributed by atoms with Crippen molar-refractivity contribution in [1.82, 2.24) is 0 Å². The molecule has 0 atom stereocenters. The number of hydrogen-bond acceptors (Lipinski definition) is 0. The number of rotatable bonds is 5. The van der Waals surface area contributed by atoms with Crippen LogP contribution in [-0.4, -0.2) is 8.07 Å². The topological polar surface area (TPSA) is 3.88 Å². The number of pyridine rings is 1. The lowest BCUT2D eigenvalue weighted by Gasteiger charge is -2.34. The van der Waals surface area contributed by atoms with Crippen molar-refractivity contribution in [2.75, 3.05) is 0 Å². The van der Waals surface area contributed by atoms with E-state index in [2.05, 4.69) is 180 Å². The molecule has 0 radical (unpaired) electrons. The minimum Gasteiger partial charge on any atom is -0.200 e. The average molecular weight is 563 g/mol.